The molecule has 174 valence electrons. The lowest BCUT2D eigenvalue weighted by Crippen LogP contribution is -2.48. The quantitative estimate of drug-likeness (QED) is 0.533. The lowest BCUT2D eigenvalue weighted by Gasteiger charge is -2.25. The molecular weight excluding hydrogens is 466 g/mol. The standard InChI is InChI=1S/C23H24ClN3O5S/c1-13(14-3-5-15(6-4-14)22(29)30)26-23(31)27-12-20(33)25-11-17(21(27)28)9-16-10-18(24)7-8-19(16)32-2/h3-8,10,13,17H,9,11-12H2,1-2H3,(H,25,33)(H,26,31)(H,29,30)/t13-,17-/m1/s1. The largest absolute Gasteiger partial charge is 0.496 e. The van der Waals surface area contributed by atoms with Crippen molar-refractivity contribution >= 4 is 46.7 Å². The predicted octanol–water partition coefficient (Wildman–Crippen LogP) is 3.44. The Morgan fingerprint density at radius 3 is 2.64 bits per heavy atom. The summed E-state index contributed by atoms with van der Waals surface area (Å²) >= 11 is 11.4. The Bertz CT molecular complexity index is 1080. The molecule has 10 heteroatoms. The van der Waals surface area contributed by atoms with E-state index in [4.69, 9.17) is 33.7 Å². The van der Waals surface area contributed by atoms with E-state index in [-0.39, 0.29) is 24.6 Å². The number of urea groups is 1. The molecule has 0 spiro atoms. The minimum atomic E-state index is -1.03. The highest BCUT2D eigenvalue weighted by Crippen LogP contribution is 2.26. The van der Waals surface area contributed by atoms with E-state index in [1.165, 1.54) is 12.1 Å². The second-order valence-electron chi connectivity index (χ2n) is 7.68. The van der Waals surface area contributed by atoms with Gasteiger partial charge in [0.2, 0.25) is 5.91 Å². The summed E-state index contributed by atoms with van der Waals surface area (Å²) in [6.45, 7) is 2.00. The van der Waals surface area contributed by atoms with Crippen molar-refractivity contribution in [1.29, 1.82) is 0 Å². The first-order valence-electron chi connectivity index (χ1n) is 10.2. The molecule has 2 aromatic rings. The number of carbonyl (C=O) groups excluding carboxylic acids is 2. The van der Waals surface area contributed by atoms with Crippen LogP contribution in [0.3, 0.4) is 0 Å². The Morgan fingerprint density at radius 2 is 2.00 bits per heavy atom. The van der Waals surface area contributed by atoms with Gasteiger partial charge in [0, 0.05) is 11.6 Å². The molecule has 0 aromatic heterocycles. The maximum Gasteiger partial charge on any atom is 0.335 e. The Balaban J connectivity index is 1.76. The van der Waals surface area contributed by atoms with Gasteiger partial charge in [-0.15, -0.1) is 0 Å². The number of nitrogens with zero attached hydrogens (tertiary/aromatic N) is 1. The molecule has 3 amide bonds. The highest BCUT2D eigenvalue weighted by atomic mass is 35.5. The van der Waals surface area contributed by atoms with Crippen LogP contribution in [0.5, 0.6) is 5.75 Å². The molecule has 3 rings (SSSR count). The fourth-order valence-electron chi connectivity index (χ4n) is 3.59. The average molecular weight is 490 g/mol. The molecule has 33 heavy (non-hydrogen) atoms. The number of methoxy groups -OCH3 is 1. The SMILES string of the molecule is COc1ccc(Cl)cc1C[C@@H]1CNC(=S)CN(C(=O)N[C@H](C)c2ccc(C(=O)O)cc2)C1=O. The summed E-state index contributed by atoms with van der Waals surface area (Å²) in [7, 11) is 1.54. The van der Waals surface area contributed by atoms with E-state index in [9.17, 15) is 14.4 Å². The van der Waals surface area contributed by atoms with Crippen molar-refractivity contribution in [2.24, 2.45) is 5.92 Å². The monoisotopic (exact) mass is 489 g/mol. The number of hydrogen-bond acceptors (Lipinski definition) is 5. The molecule has 3 N–H and O–H groups in total. The number of ether oxygens (including phenoxy) is 1. The second-order valence-corrected chi connectivity index (χ2v) is 8.61. The number of hydrogen-bond donors (Lipinski definition) is 3. The lowest BCUT2D eigenvalue weighted by molar-refractivity contribution is -0.131. The van der Waals surface area contributed by atoms with Gasteiger partial charge in [0.05, 0.1) is 36.2 Å². The van der Waals surface area contributed by atoms with Gasteiger partial charge in [0.25, 0.3) is 0 Å². The number of nitrogens with one attached hydrogen (secondary N) is 2. The molecule has 1 heterocycles. The van der Waals surface area contributed by atoms with Crippen LogP contribution < -0.4 is 15.4 Å². The first kappa shape index (κ1) is 24.5. The summed E-state index contributed by atoms with van der Waals surface area (Å²) in [5.74, 6) is -1.35. The summed E-state index contributed by atoms with van der Waals surface area (Å²) < 4.78 is 5.38. The predicted molar refractivity (Wildman–Crippen MR) is 128 cm³/mol. The molecule has 2 atom stereocenters. The Morgan fingerprint density at radius 1 is 1.30 bits per heavy atom. The molecule has 0 bridgehead atoms. The van der Waals surface area contributed by atoms with Crippen molar-refractivity contribution in [3.8, 4) is 5.75 Å². The first-order chi connectivity index (χ1) is 15.7. The molecule has 1 aliphatic heterocycles. The summed E-state index contributed by atoms with van der Waals surface area (Å²) in [5.41, 5.74) is 1.61. The van der Waals surface area contributed by atoms with Crippen LogP contribution in [0.4, 0.5) is 4.79 Å². The van der Waals surface area contributed by atoms with Crippen molar-refractivity contribution < 1.29 is 24.2 Å². The Hall–Kier alpha value is -3.17. The zero-order chi connectivity index (χ0) is 24.1. The van der Waals surface area contributed by atoms with Crippen molar-refractivity contribution in [2.75, 3.05) is 20.2 Å². The maximum absolute atomic E-state index is 13.3. The van der Waals surface area contributed by atoms with Gasteiger partial charge in [-0.05, 0) is 54.8 Å². The molecule has 1 fully saturated rings. The molecule has 1 aliphatic rings. The highest BCUT2D eigenvalue weighted by Gasteiger charge is 2.33. The van der Waals surface area contributed by atoms with Gasteiger partial charge >= 0.3 is 12.0 Å². The smallest absolute Gasteiger partial charge is 0.335 e. The van der Waals surface area contributed by atoms with Gasteiger partial charge in [0.15, 0.2) is 0 Å². The third-order valence-electron chi connectivity index (χ3n) is 5.41. The molecule has 2 aromatic carbocycles. The Labute approximate surface area is 201 Å². The highest BCUT2D eigenvalue weighted by molar-refractivity contribution is 7.80. The van der Waals surface area contributed by atoms with Crippen molar-refractivity contribution in [3.05, 3.63) is 64.2 Å². The molecule has 8 nitrogen and oxygen atoms in total. The van der Waals surface area contributed by atoms with E-state index >= 15 is 0 Å². The summed E-state index contributed by atoms with van der Waals surface area (Å²) in [6, 6.07) is 10.3. The van der Waals surface area contributed by atoms with E-state index in [0.717, 1.165) is 10.5 Å². The van der Waals surface area contributed by atoms with Crippen LogP contribution in [-0.2, 0) is 11.2 Å². The van der Waals surface area contributed by atoms with Crippen molar-refractivity contribution in [3.63, 3.8) is 0 Å². The number of carbonyl (C=O) groups is 3. The number of benzene rings is 2. The topological polar surface area (TPSA) is 108 Å². The number of rotatable bonds is 6. The summed E-state index contributed by atoms with van der Waals surface area (Å²) in [6.07, 6.45) is 0.314. The molecule has 0 aliphatic carbocycles. The van der Waals surface area contributed by atoms with E-state index in [2.05, 4.69) is 10.6 Å². The average Bonchev–Trinajstić information content (AvgIpc) is 2.93. The number of amides is 3. The summed E-state index contributed by atoms with van der Waals surface area (Å²) in [4.78, 5) is 38.8. The normalized spacial score (nSPS) is 17.1. The lowest BCUT2D eigenvalue weighted by atomic mass is 9.97. The Kier molecular flexibility index (Phi) is 7.88. The van der Waals surface area contributed by atoms with Gasteiger partial charge in [-0.2, -0.15) is 0 Å². The molecule has 0 unspecified atom stereocenters. The number of thiocarbonyl (C=S) groups is 1. The molecule has 0 saturated carbocycles. The van der Waals surface area contributed by atoms with E-state index < -0.39 is 24.0 Å². The second kappa shape index (κ2) is 10.6. The number of aromatic carboxylic acids is 1. The zero-order valence-electron chi connectivity index (χ0n) is 18.1. The third-order valence-corrected chi connectivity index (χ3v) is 5.92. The van der Waals surface area contributed by atoms with Crippen LogP contribution in [0.25, 0.3) is 0 Å². The van der Waals surface area contributed by atoms with Crippen LogP contribution in [0.15, 0.2) is 42.5 Å². The van der Waals surface area contributed by atoms with Crippen LogP contribution in [0, 0.1) is 5.92 Å². The fourth-order valence-corrected chi connectivity index (χ4v) is 3.99. The third kappa shape index (κ3) is 6.00. The van der Waals surface area contributed by atoms with Gasteiger partial charge in [-0.1, -0.05) is 36.0 Å². The number of imide groups is 1. The fraction of sp³-hybridized carbons (Fsp3) is 0.304. The molecule has 0 radical (unpaired) electrons. The number of carboxylic acid groups (broad SMARTS) is 1. The van der Waals surface area contributed by atoms with E-state index in [0.29, 0.717) is 27.7 Å². The minimum absolute atomic E-state index is 0.0339. The molecule has 1 saturated heterocycles. The van der Waals surface area contributed by atoms with Gasteiger partial charge < -0.3 is 20.5 Å². The number of halogens is 1. The first-order valence-corrected chi connectivity index (χ1v) is 11.0. The minimum Gasteiger partial charge on any atom is -0.496 e. The van der Waals surface area contributed by atoms with Crippen LogP contribution in [0.2, 0.25) is 5.02 Å². The van der Waals surface area contributed by atoms with Gasteiger partial charge in [-0.25, -0.2) is 9.59 Å². The van der Waals surface area contributed by atoms with E-state index in [1.807, 2.05) is 0 Å². The molecular formula is C23H24ClN3O5S. The van der Waals surface area contributed by atoms with Crippen molar-refractivity contribution in [2.45, 2.75) is 19.4 Å². The van der Waals surface area contributed by atoms with Gasteiger partial charge in [-0.3, -0.25) is 9.69 Å². The van der Waals surface area contributed by atoms with Crippen LogP contribution in [0.1, 0.15) is 34.5 Å². The van der Waals surface area contributed by atoms with Crippen molar-refractivity contribution in [1.82, 2.24) is 15.5 Å². The number of carboxylic acids is 1. The van der Waals surface area contributed by atoms with Gasteiger partial charge in [0.1, 0.15) is 5.75 Å². The van der Waals surface area contributed by atoms with Crippen LogP contribution in [-0.4, -0.2) is 53.1 Å². The maximum atomic E-state index is 13.3. The summed E-state index contributed by atoms with van der Waals surface area (Å²) in [5, 5.41) is 15.4. The van der Waals surface area contributed by atoms with Crippen LogP contribution >= 0.6 is 23.8 Å². The van der Waals surface area contributed by atoms with E-state index in [1.54, 1.807) is 44.4 Å². The zero-order valence-corrected chi connectivity index (χ0v) is 19.7.